The molecule has 0 saturated heterocycles. The predicted octanol–water partition coefficient (Wildman–Crippen LogP) is 4.35. The van der Waals surface area contributed by atoms with Crippen LogP contribution in [0, 0.1) is 0 Å². The summed E-state index contributed by atoms with van der Waals surface area (Å²) in [6, 6.07) is 12.5. The first-order valence-electron chi connectivity index (χ1n) is 8.16. The van der Waals surface area contributed by atoms with Gasteiger partial charge < -0.3 is 15.4 Å². The molecule has 0 aliphatic heterocycles. The lowest BCUT2D eigenvalue weighted by Crippen LogP contribution is -2.38. The molecule has 2 rings (SSSR count). The van der Waals surface area contributed by atoms with Crippen LogP contribution in [0.1, 0.15) is 44.2 Å². The lowest BCUT2D eigenvalue weighted by molar-refractivity contribution is 0.129. The Morgan fingerprint density at radius 3 is 2.58 bits per heavy atom. The Morgan fingerprint density at radius 1 is 1.21 bits per heavy atom. The van der Waals surface area contributed by atoms with E-state index in [1.165, 1.54) is 4.88 Å². The number of aliphatic imine (C=N–C) groups is 1. The molecule has 5 heteroatoms. The Kier molecular flexibility index (Phi) is 6.26. The highest BCUT2D eigenvalue weighted by molar-refractivity contribution is 7.10. The van der Waals surface area contributed by atoms with Crippen molar-refractivity contribution in [2.45, 2.75) is 45.9 Å². The van der Waals surface area contributed by atoms with E-state index in [1.54, 1.807) is 18.4 Å². The number of nitrogens with one attached hydrogen (secondary N) is 2. The molecule has 0 amide bonds. The van der Waals surface area contributed by atoms with Gasteiger partial charge in [-0.15, -0.1) is 11.3 Å². The maximum absolute atomic E-state index is 6.04. The highest BCUT2D eigenvalue weighted by Crippen LogP contribution is 2.23. The lowest BCUT2D eigenvalue weighted by atomic mass is 10.1. The van der Waals surface area contributed by atoms with E-state index in [4.69, 9.17) is 4.74 Å². The Balaban J connectivity index is 1.99. The molecule has 0 aliphatic rings. The van der Waals surface area contributed by atoms with Gasteiger partial charge in [-0.05, 0) is 45.2 Å². The van der Waals surface area contributed by atoms with Gasteiger partial charge in [0.25, 0.3) is 0 Å². The van der Waals surface area contributed by atoms with Crippen molar-refractivity contribution >= 4 is 17.3 Å². The number of para-hydroxylation sites is 1. The predicted molar refractivity (Wildman–Crippen MR) is 103 cm³/mol. The van der Waals surface area contributed by atoms with Gasteiger partial charge in [-0.3, -0.25) is 4.99 Å². The zero-order valence-corrected chi connectivity index (χ0v) is 15.9. The molecule has 0 saturated carbocycles. The third kappa shape index (κ3) is 5.57. The van der Waals surface area contributed by atoms with Gasteiger partial charge in [0.15, 0.2) is 5.96 Å². The SMILES string of the molecule is CN=C(NCc1ccccc1OC(C)(C)C)NC(C)c1cccs1. The summed E-state index contributed by atoms with van der Waals surface area (Å²) >= 11 is 1.74. The number of ether oxygens (including phenoxy) is 1. The van der Waals surface area contributed by atoms with Crippen LogP contribution in [0.4, 0.5) is 0 Å². The molecular weight excluding hydrogens is 318 g/mol. The van der Waals surface area contributed by atoms with Crippen molar-refractivity contribution in [3.63, 3.8) is 0 Å². The second-order valence-electron chi connectivity index (χ2n) is 6.63. The molecule has 0 fully saturated rings. The molecule has 0 radical (unpaired) electrons. The Hall–Kier alpha value is -2.01. The highest BCUT2D eigenvalue weighted by Gasteiger charge is 2.15. The monoisotopic (exact) mass is 345 g/mol. The van der Waals surface area contributed by atoms with E-state index in [1.807, 2.05) is 18.2 Å². The third-order valence-electron chi connectivity index (χ3n) is 3.38. The molecule has 130 valence electrons. The summed E-state index contributed by atoms with van der Waals surface area (Å²) in [5, 5.41) is 8.87. The van der Waals surface area contributed by atoms with Crippen LogP contribution in [0.25, 0.3) is 0 Å². The minimum Gasteiger partial charge on any atom is -0.488 e. The van der Waals surface area contributed by atoms with Crippen LogP contribution >= 0.6 is 11.3 Å². The fourth-order valence-corrected chi connectivity index (χ4v) is 3.00. The molecule has 1 aromatic heterocycles. The number of guanidine groups is 1. The molecule has 0 aliphatic carbocycles. The van der Waals surface area contributed by atoms with E-state index in [0.29, 0.717) is 6.54 Å². The van der Waals surface area contributed by atoms with Crippen LogP contribution in [-0.2, 0) is 6.54 Å². The molecule has 1 heterocycles. The zero-order valence-electron chi connectivity index (χ0n) is 15.1. The normalized spacial score (nSPS) is 13.5. The summed E-state index contributed by atoms with van der Waals surface area (Å²) in [6.45, 7) is 8.96. The first kappa shape index (κ1) is 18.3. The average Bonchev–Trinajstić information content (AvgIpc) is 3.05. The standard InChI is InChI=1S/C19H27N3OS/c1-14(17-11-8-12-24-17)22-18(20-5)21-13-15-9-6-7-10-16(15)23-19(2,3)4/h6-12,14H,13H2,1-5H3,(H2,20,21,22). The number of nitrogens with zero attached hydrogens (tertiary/aromatic N) is 1. The highest BCUT2D eigenvalue weighted by atomic mass is 32.1. The van der Waals surface area contributed by atoms with Gasteiger partial charge in [0.1, 0.15) is 11.4 Å². The average molecular weight is 346 g/mol. The number of hydrogen-bond acceptors (Lipinski definition) is 3. The van der Waals surface area contributed by atoms with Gasteiger partial charge in [0.2, 0.25) is 0 Å². The molecule has 0 bridgehead atoms. The summed E-state index contributed by atoms with van der Waals surface area (Å²) < 4.78 is 6.04. The minimum absolute atomic E-state index is 0.219. The van der Waals surface area contributed by atoms with Crippen LogP contribution in [0.5, 0.6) is 5.75 Å². The molecule has 0 spiro atoms. The van der Waals surface area contributed by atoms with Crippen LogP contribution in [0.3, 0.4) is 0 Å². The molecule has 1 unspecified atom stereocenters. The summed E-state index contributed by atoms with van der Waals surface area (Å²) in [4.78, 5) is 5.60. The number of hydrogen-bond donors (Lipinski definition) is 2. The molecule has 4 nitrogen and oxygen atoms in total. The number of benzene rings is 1. The Labute approximate surface area is 149 Å². The van der Waals surface area contributed by atoms with Gasteiger partial charge in [-0.1, -0.05) is 24.3 Å². The Bertz CT molecular complexity index is 660. The van der Waals surface area contributed by atoms with E-state index in [-0.39, 0.29) is 11.6 Å². The van der Waals surface area contributed by atoms with E-state index in [2.05, 4.69) is 66.9 Å². The van der Waals surface area contributed by atoms with Crippen LogP contribution in [-0.4, -0.2) is 18.6 Å². The van der Waals surface area contributed by atoms with Crippen molar-refractivity contribution in [3.05, 3.63) is 52.2 Å². The van der Waals surface area contributed by atoms with Gasteiger partial charge in [-0.25, -0.2) is 0 Å². The molecule has 2 aromatic rings. The van der Waals surface area contributed by atoms with Gasteiger partial charge in [0.05, 0.1) is 6.04 Å². The molecule has 24 heavy (non-hydrogen) atoms. The maximum Gasteiger partial charge on any atom is 0.191 e. The lowest BCUT2D eigenvalue weighted by Gasteiger charge is -2.24. The first-order valence-corrected chi connectivity index (χ1v) is 9.04. The van der Waals surface area contributed by atoms with E-state index >= 15 is 0 Å². The third-order valence-corrected chi connectivity index (χ3v) is 4.44. The van der Waals surface area contributed by atoms with Crippen molar-refractivity contribution in [2.75, 3.05) is 7.05 Å². The summed E-state index contributed by atoms with van der Waals surface area (Å²) in [5.41, 5.74) is 0.892. The van der Waals surface area contributed by atoms with Gasteiger partial charge in [-0.2, -0.15) is 0 Å². The van der Waals surface area contributed by atoms with Crippen molar-refractivity contribution in [3.8, 4) is 5.75 Å². The van der Waals surface area contributed by atoms with Gasteiger partial charge >= 0.3 is 0 Å². The fourth-order valence-electron chi connectivity index (χ4n) is 2.27. The first-order chi connectivity index (χ1) is 11.4. The van der Waals surface area contributed by atoms with Gasteiger partial charge in [0, 0.05) is 24.0 Å². The maximum atomic E-state index is 6.04. The largest absolute Gasteiger partial charge is 0.488 e. The number of rotatable bonds is 5. The molecule has 1 atom stereocenters. The van der Waals surface area contributed by atoms with Crippen molar-refractivity contribution in [1.82, 2.24) is 10.6 Å². The Morgan fingerprint density at radius 2 is 1.96 bits per heavy atom. The van der Waals surface area contributed by atoms with E-state index in [9.17, 15) is 0 Å². The topological polar surface area (TPSA) is 45.7 Å². The van der Waals surface area contributed by atoms with Crippen molar-refractivity contribution in [2.24, 2.45) is 4.99 Å². The summed E-state index contributed by atoms with van der Waals surface area (Å²) in [7, 11) is 1.79. The summed E-state index contributed by atoms with van der Waals surface area (Å²) in [6.07, 6.45) is 0. The summed E-state index contributed by atoms with van der Waals surface area (Å²) in [5.74, 6) is 1.68. The van der Waals surface area contributed by atoms with Crippen LogP contribution in [0.2, 0.25) is 0 Å². The second-order valence-corrected chi connectivity index (χ2v) is 7.61. The molecular formula is C19H27N3OS. The van der Waals surface area contributed by atoms with E-state index in [0.717, 1.165) is 17.3 Å². The fraction of sp³-hybridized carbons (Fsp3) is 0.421. The molecule has 1 aromatic carbocycles. The second kappa shape index (κ2) is 8.20. The smallest absolute Gasteiger partial charge is 0.191 e. The van der Waals surface area contributed by atoms with Crippen LogP contribution in [0.15, 0.2) is 46.8 Å². The molecule has 2 N–H and O–H groups in total. The van der Waals surface area contributed by atoms with Crippen molar-refractivity contribution in [1.29, 1.82) is 0 Å². The van der Waals surface area contributed by atoms with Crippen molar-refractivity contribution < 1.29 is 4.74 Å². The quantitative estimate of drug-likeness (QED) is 0.625. The van der Waals surface area contributed by atoms with Crippen LogP contribution < -0.4 is 15.4 Å². The zero-order chi connectivity index (χ0) is 17.6. The van der Waals surface area contributed by atoms with E-state index < -0.39 is 0 Å². The number of thiophene rings is 1. The minimum atomic E-state index is -0.219.